The van der Waals surface area contributed by atoms with Crippen molar-refractivity contribution in [3.05, 3.63) is 92.3 Å². The van der Waals surface area contributed by atoms with E-state index in [1.54, 1.807) is 30.5 Å². The van der Waals surface area contributed by atoms with E-state index < -0.39 is 16.6 Å². The topological polar surface area (TPSA) is 91.2 Å². The molecule has 0 aliphatic carbocycles. The van der Waals surface area contributed by atoms with Crippen LogP contribution in [0, 0.1) is 15.9 Å². The van der Waals surface area contributed by atoms with Gasteiger partial charge in [-0.25, -0.2) is 4.39 Å². The van der Waals surface area contributed by atoms with E-state index in [1.807, 2.05) is 0 Å². The lowest BCUT2D eigenvalue weighted by molar-refractivity contribution is -0.384. The molecule has 3 aromatic carbocycles. The van der Waals surface area contributed by atoms with Crippen molar-refractivity contribution in [2.75, 3.05) is 5.73 Å². The van der Waals surface area contributed by atoms with Gasteiger partial charge in [-0.05, 0) is 35.9 Å². The molecule has 0 bridgehead atoms. The molecule has 6 nitrogen and oxygen atoms in total. The van der Waals surface area contributed by atoms with Crippen LogP contribution in [0.1, 0.15) is 10.4 Å². The molecule has 0 aliphatic heterocycles. The minimum absolute atomic E-state index is 0.00237. The van der Waals surface area contributed by atoms with Gasteiger partial charge in [-0.2, -0.15) is 0 Å². The third-order valence-corrected chi connectivity index (χ3v) is 5.26. The number of nitro benzene ring substituents is 1. The molecule has 30 heavy (non-hydrogen) atoms. The number of non-ortho nitro benzene ring substituents is 1. The zero-order chi connectivity index (χ0) is 21.6. The zero-order valence-corrected chi connectivity index (χ0v) is 16.6. The van der Waals surface area contributed by atoms with E-state index in [2.05, 4.69) is 0 Å². The normalized spacial score (nSPS) is 11.0. The number of carbonyl (C=O) groups is 1. The van der Waals surface area contributed by atoms with Crippen molar-refractivity contribution < 1.29 is 14.1 Å². The second kappa shape index (κ2) is 7.44. The van der Waals surface area contributed by atoms with Gasteiger partial charge in [0.2, 0.25) is 0 Å². The van der Waals surface area contributed by atoms with Gasteiger partial charge in [0.15, 0.2) is 0 Å². The zero-order valence-electron chi connectivity index (χ0n) is 15.1. The molecule has 0 atom stereocenters. The summed E-state index contributed by atoms with van der Waals surface area (Å²) < 4.78 is 15.0. The van der Waals surface area contributed by atoms with Crippen LogP contribution in [-0.4, -0.2) is 15.4 Å². The van der Waals surface area contributed by atoms with Crippen LogP contribution in [-0.2, 0) is 0 Å². The molecule has 150 valence electrons. The Morgan fingerprint density at radius 2 is 1.83 bits per heavy atom. The second-order valence-corrected chi connectivity index (χ2v) is 7.36. The maximum Gasteiger partial charge on any atom is 0.270 e. The molecule has 0 aliphatic rings. The van der Waals surface area contributed by atoms with Crippen LogP contribution in [0.15, 0.2) is 60.8 Å². The van der Waals surface area contributed by atoms with Crippen LogP contribution in [0.4, 0.5) is 15.8 Å². The predicted octanol–water partition coefficient (Wildman–Crippen LogP) is 5.93. The first kappa shape index (κ1) is 19.9. The van der Waals surface area contributed by atoms with Crippen LogP contribution < -0.4 is 5.73 Å². The molecular formula is C21H12Cl2FN3O3. The Morgan fingerprint density at radius 3 is 2.53 bits per heavy atom. The minimum atomic E-state index is -0.744. The number of benzene rings is 3. The van der Waals surface area contributed by atoms with Crippen LogP contribution in [0.5, 0.6) is 0 Å². The summed E-state index contributed by atoms with van der Waals surface area (Å²) in [6.07, 6.45) is 1.54. The Labute approximate surface area is 179 Å². The number of hydrogen-bond acceptors (Lipinski definition) is 4. The third-order valence-electron chi connectivity index (χ3n) is 4.66. The molecule has 1 heterocycles. The van der Waals surface area contributed by atoms with Crippen molar-refractivity contribution >= 4 is 51.4 Å². The minimum Gasteiger partial charge on any atom is -0.399 e. The van der Waals surface area contributed by atoms with Crippen LogP contribution >= 0.6 is 23.2 Å². The van der Waals surface area contributed by atoms with Crippen LogP contribution in [0.2, 0.25) is 10.0 Å². The van der Waals surface area contributed by atoms with E-state index in [0.29, 0.717) is 27.7 Å². The molecule has 4 aromatic rings. The summed E-state index contributed by atoms with van der Waals surface area (Å²) in [7, 11) is 0. The number of hydrogen-bond donors (Lipinski definition) is 1. The number of nitro groups is 1. The van der Waals surface area contributed by atoms with Crippen molar-refractivity contribution in [2.24, 2.45) is 0 Å². The van der Waals surface area contributed by atoms with E-state index in [1.165, 1.54) is 22.8 Å². The third kappa shape index (κ3) is 3.38. The monoisotopic (exact) mass is 443 g/mol. The van der Waals surface area contributed by atoms with Crippen molar-refractivity contribution in [2.45, 2.75) is 0 Å². The highest BCUT2D eigenvalue weighted by molar-refractivity contribution is 6.36. The molecule has 1 aromatic heterocycles. The summed E-state index contributed by atoms with van der Waals surface area (Å²) in [4.78, 5) is 24.0. The Balaban J connectivity index is 1.98. The number of rotatable bonds is 3. The van der Waals surface area contributed by atoms with Gasteiger partial charge in [0.1, 0.15) is 5.82 Å². The number of halogens is 3. The van der Waals surface area contributed by atoms with E-state index in [0.717, 1.165) is 12.1 Å². The highest BCUT2D eigenvalue weighted by atomic mass is 35.5. The standard InChI is InChI=1S/C21H12Cl2FN3O3/c22-17-9-19(24)18(23)8-15(17)21(28)26-10-16(11-2-1-3-12(25)6-11)14-7-13(27(29)30)4-5-20(14)26/h1-10H,25H2. The summed E-state index contributed by atoms with van der Waals surface area (Å²) in [6.45, 7) is 0. The number of nitrogen functional groups attached to an aromatic ring is 1. The van der Waals surface area contributed by atoms with E-state index >= 15 is 0 Å². The Hall–Kier alpha value is -3.42. The molecular weight excluding hydrogens is 432 g/mol. The molecule has 0 amide bonds. The number of anilines is 1. The maximum atomic E-state index is 13.7. The lowest BCUT2D eigenvalue weighted by Crippen LogP contribution is -2.11. The summed E-state index contributed by atoms with van der Waals surface area (Å²) in [6, 6.07) is 13.2. The first-order valence-corrected chi connectivity index (χ1v) is 9.36. The molecule has 9 heteroatoms. The Bertz CT molecular complexity index is 1350. The summed E-state index contributed by atoms with van der Waals surface area (Å²) >= 11 is 11.9. The number of nitrogens with two attached hydrogens (primary N) is 1. The summed E-state index contributed by atoms with van der Waals surface area (Å²) in [5, 5.41) is 11.4. The summed E-state index contributed by atoms with van der Waals surface area (Å²) in [5.74, 6) is -1.30. The lowest BCUT2D eigenvalue weighted by Gasteiger charge is -2.07. The summed E-state index contributed by atoms with van der Waals surface area (Å²) in [5.41, 5.74) is 7.91. The Kier molecular flexibility index (Phi) is 4.93. The van der Waals surface area contributed by atoms with Gasteiger partial charge in [-0.1, -0.05) is 35.3 Å². The first-order valence-electron chi connectivity index (χ1n) is 8.61. The molecule has 0 radical (unpaired) electrons. The molecule has 0 saturated carbocycles. The predicted molar refractivity (Wildman–Crippen MR) is 115 cm³/mol. The average Bonchev–Trinajstić information content (AvgIpc) is 3.09. The number of aromatic nitrogens is 1. The Morgan fingerprint density at radius 1 is 1.07 bits per heavy atom. The molecule has 0 spiro atoms. The number of carbonyl (C=O) groups excluding carboxylic acids is 1. The number of nitrogens with zero attached hydrogens (tertiary/aromatic N) is 2. The van der Waals surface area contributed by atoms with Crippen molar-refractivity contribution in [1.29, 1.82) is 0 Å². The SMILES string of the molecule is Nc1cccc(-c2cn(C(=O)c3cc(Cl)c(F)cc3Cl)c3ccc([N+](=O)[O-])cc23)c1. The molecule has 0 unspecified atom stereocenters. The van der Waals surface area contributed by atoms with Crippen molar-refractivity contribution in [1.82, 2.24) is 4.57 Å². The van der Waals surface area contributed by atoms with E-state index in [-0.39, 0.29) is 21.3 Å². The van der Waals surface area contributed by atoms with Gasteiger partial charge in [-0.15, -0.1) is 0 Å². The van der Waals surface area contributed by atoms with E-state index in [4.69, 9.17) is 28.9 Å². The van der Waals surface area contributed by atoms with Gasteiger partial charge in [0.25, 0.3) is 11.6 Å². The van der Waals surface area contributed by atoms with Gasteiger partial charge in [-0.3, -0.25) is 19.5 Å². The van der Waals surface area contributed by atoms with Gasteiger partial charge in [0, 0.05) is 35.0 Å². The van der Waals surface area contributed by atoms with E-state index in [9.17, 15) is 19.3 Å². The fraction of sp³-hybridized carbons (Fsp3) is 0. The quantitative estimate of drug-likeness (QED) is 0.183. The largest absolute Gasteiger partial charge is 0.399 e. The van der Waals surface area contributed by atoms with Crippen LogP contribution in [0.25, 0.3) is 22.0 Å². The van der Waals surface area contributed by atoms with Crippen molar-refractivity contribution in [3.8, 4) is 11.1 Å². The first-order chi connectivity index (χ1) is 14.3. The lowest BCUT2D eigenvalue weighted by atomic mass is 10.0. The molecule has 4 rings (SSSR count). The molecule has 0 fully saturated rings. The molecule has 2 N–H and O–H groups in total. The average molecular weight is 444 g/mol. The fourth-order valence-corrected chi connectivity index (χ4v) is 3.65. The second-order valence-electron chi connectivity index (χ2n) is 6.55. The van der Waals surface area contributed by atoms with Gasteiger partial charge >= 0.3 is 0 Å². The van der Waals surface area contributed by atoms with Gasteiger partial charge < -0.3 is 5.73 Å². The van der Waals surface area contributed by atoms with Gasteiger partial charge in [0.05, 0.1) is 26.0 Å². The maximum absolute atomic E-state index is 13.7. The fourth-order valence-electron chi connectivity index (χ4n) is 3.25. The number of fused-ring (bicyclic) bond motifs is 1. The highest BCUT2D eigenvalue weighted by Crippen LogP contribution is 2.35. The van der Waals surface area contributed by atoms with Crippen LogP contribution in [0.3, 0.4) is 0 Å². The smallest absolute Gasteiger partial charge is 0.270 e. The molecule has 0 saturated heterocycles. The van der Waals surface area contributed by atoms with Crippen molar-refractivity contribution in [3.63, 3.8) is 0 Å². The highest BCUT2D eigenvalue weighted by Gasteiger charge is 2.21.